The van der Waals surface area contributed by atoms with Crippen molar-refractivity contribution in [2.24, 2.45) is 23.2 Å². The standard InChI is InChI=1S/C29H28F3NO5S/c30-29(31,32)38-20-3-1-16(2-4-20)15-37-24-21-7-8-39-23(21)6-5-22(24)26(34)33-25(27(35)36)28-12-17-9-18(13-28)11-19(10-17)14-28/h1-8,17-19,25H,9-15H2,(H,33,34)(H,35,36). The van der Waals surface area contributed by atoms with Crippen LogP contribution < -0.4 is 14.8 Å². The molecule has 0 radical (unpaired) electrons. The van der Waals surface area contributed by atoms with Crippen LogP contribution in [0.4, 0.5) is 13.2 Å². The average Bonchev–Trinajstić information content (AvgIpc) is 3.34. The Balaban J connectivity index is 1.24. The van der Waals surface area contributed by atoms with E-state index in [1.54, 1.807) is 6.07 Å². The lowest BCUT2D eigenvalue weighted by Crippen LogP contribution is -2.59. The summed E-state index contributed by atoms with van der Waals surface area (Å²) in [5, 5.41) is 15.7. The van der Waals surface area contributed by atoms with Gasteiger partial charge >= 0.3 is 12.3 Å². The first-order valence-corrected chi connectivity index (χ1v) is 14.0. The van der Waals surface area contributed by atoms with Crippen LogP contribution in [0.15, 0.2) is 47.8 Å². The van der Waals surface area contributed by atoms with E-state index in [2.05, 4.69) is 10.1 Å². The van der Waals surface area contributed by atoms with Crippen molar-refractivity contribution in [3.63, 3.8) is 0 Å². The van der Waals surface area contributed by atoms with Gasteiger partial charge in [0.1, 0.15) is 24.1 Å². The smallest absolute Gasteiger partial charge is 0.487 e. The zero-order valence-corrected chi connectivity index (χ0v) is 21.8. The molecule has 1 amide bonds. The van der Waals surface area contributed by atoms with Crippen LogP contribution in [-0.2, 0) is 11.4 Å². The molecule has 206 valence electrons. The van der Waals surface area contributed by atoms with E-state index in [1.807, 2.05) is 17.5 Å². The fraction of sp³-hybridized carbons (Fsp3) is 0.448. The van der Waals surface area contributed by atoms with Gasteiger partial charge in [0.2, 0.25) is 0 Å². The maximum Gasteiger partial charge on any atom is 0.573 e. The van der Waals surface area contributed by atoms with Crippen molar-refractivity contribution in [1.82, 2.24) is 5.32 Å². The minimum Gasteiger partial charge on any atom is -0.487 e. The van der Waals surface area contributed by atoms with Gasteiger partial charge in [0.25, 0.3) is 5.91 Å². The van der Waals surface area contributed by atoms with E-state index >= 15 is 0 Å². The van der Waals surface area contributed by atoms with Gasteiger partial charge in [0.15, 0.2) is 0 Å². The highest BCUT2D eigenvalue weighted by Crippen LogP contribution is 2.61. The second-order valence-corrected chi connectivity index (χ2v) is 12.2. The molecule has 6 nitrogen and oxygen atoms in total. The second kappa shape index (κ2) is 9.73. The van der Waals surface area contributed by atoms with E-state index < -0.39 is 29.7 Å². The summed E-state index contributed by atoms with van der Waals surface area (Å²) in [7, 11) is 0. The Morgan fingerprint density at radius 3 is 2.23 bits per heavy atom. The Labute approximate surface area is 227 Å². The zero-order chi connectivity index (χ0) is 27.4. The molecule has 7 rings (SSSR count). The number of alkyl halides is 3. The molecule has 0 spiro atoms. The summed E-state index contributed by atoms with van der Waals surface area (Å²) in [6.07, 6.45) is 1.20. The maximum atomic E-state index is 13.7. The molecule has 2 N–H and O–H groups in total. The number of rotatable bonds is 8. The molecule has 4 bridgehead atoms. The summed E-state index contributed by atoms with van der Waals surface area (Å²) < 4.78 is 48.3. The van der Waals surface area contributed by atoms with Crippen LogP contribution in [0.25, 0.3) is 10.1 Å². The Kier molecular flexibility index (Phi) is 6.48. The van der Waals surface area contributed by atoms with E-state index in [9.17, 15) is 27.9 Å². The average molecular weight is 560 g/mol. The van der Waals surface area contributed by atoms with E-state index in [0.29, 0.717) is 34.5 Å². The Morgan fingerprint density at radius 2 is 1.64 bits per heavy atom. The highest BCUT2D eigenvalue weighted by atomic mass is 32.1. The number of nitrogens with one attached hydrogen (secondary N) is 1. The fourth-order valence-electron chi connectivity index (χ4n) is 7.51. The minimum absolute atomic E-state index is 0.00112. The quantitative estimate of drug-likeness (QED) is 0.318. The first-order valence-electron chi connectivity index (χ1n) is 13.1. The van der Waals surface area contributed by atoms with Crippen molar-refractivity contribution >= 4 is 33.3 Å². The third kappa shape index (κ3) is 5.18. The predicted octanol–water partition coefficient (Wildman–Crippen LogP) is 6.78. The van der Waals surface area contributed by atoms with Crippen molar-refractivity contribution in [2.75, 3.05) is 0 Å². The second-order valence-electron chi connectivity index (χ2n) is 11.3. The zero-order valence-electron chi connectivity index (χ0n) is 21.0. The molecular formula is C29H28F3NO5S. The third-order valence-corrected chi connectivity index (χ3v) is 9.47. The number of hydrogen-bond donors (Lipinski definition) is 2. The molecule has 4 aliphatic carbocycles. The van der Waals surface area contributed by atoms with Crippen LogP contribution in [0.3, 0.4) is 0 Å². The largest absolute Gasteiger partial charge is 0.573 e. The number of hydrogen-bond acceptors (Lipinski definition) is 5. The van der Waals surface area contributed by atoms with Crippen molar-refractivity contribution in [2.45, 2.75) is 57.5 Å². The number of amides is 1. The fourth-order valence-corrected chi connectivity index (χ4v) is 8.30. The maximum absolute atomic E-state index is 13.7. The summed E-state index contributed by atoms with van der Waals surface area (Å²) in [6, 6.07) is 9.63. The number of carbonyl (C=O) groups excluding carboxylic acids is 1. The highest BCUT2D eigenvalue weighted by Gasteiger charge is 2.56. The van der Waals surface area contributed by atoms with Gasteiger partial charge in [0, 0.05) is 15.5 Å². The van der Waals surface area contributed by atoms with Crippen LogP contribution in [0, 0.1) is 23.2 Å². The van der Waals surface area contributed by atoms with E-state index in [-0.39, 0.29) is 17.9 Å². The summed E-state index contributed by atoms with van der Waals surface area (Å²) in [5.74, 6) is 0.0600. The topological polar surface area (TPSA) is 84.9 Å². The molecule has 10 heteroatoms. The molecule has 1 atom stereocenters. The van der Waals surface area contributed by atoms with Crippen molar-refractivity contribution in [3.8, 4) is 11.5 Å². The van der Waals surface area contributed by atoms with Gasteiger partial charge in [-0.1, -0.05) is 12.1 Å². The molecule has 4 fully saturated rings. The molecule has 2 aromatic carbocycles. The SMILES string of the molecule is O=C(NC(C(=O)O)C12CC3CC(CC(C3)C1)C2)c1ccc2sccc2c1OCc1ccc(OC(F)(F)F)cc1. The Hall–Kier alpha value is -3.27. The molecule has 39 heavy (non-hydrogen) atoms. The van der Waals surface area contributed by atoms with Gasteiger partial charge in [-0.15, -0.1) is 24.5 Å². The monoisotopic (exact) mass is 559 g/mol. The lowest BCUT2D eigenvalue weighted by atomic mass is 9.47. The predicted molar refractivity (Wildman–Crippen MR) is 139 cm³/mol. The first-order chi connectivity index (χ1) is 18.6. The van der Waals surface area contributed by atoms with Crippen LogP contribution in [0.2, 0.25) is 0 Å². The number of thiophene rings is 1. The van der Waals surface area contributed by atoms with E-state index in [4.69, 9.17) is 4.74 Å². The Morgan fingerprint density at radius 1 is 1.00 bits per heavy atom. The van der Waals surface area contributed by atoms with Gasteiger partial charge in [-0.05, 0) is 97.6 Å². The van der Waals surface area contributed by atoms with Gasteiger partial charge in [0.05, 0.1) is 5.56 Å². The lowest BCUT2D eigenvalue weighted by Gasteiger charge is -2.58. The van der Waals surface area contributed by atoms with E-state index in [1.165, 1.54) is 35.6 Å². The summed E-state index contributed by atoms with van der Waals surface area (Å²) in [6.45, 7) is -0.00112. The summed E-state index contributed by atoms with van der Waals surface area (Å²) in [4.78, 5) is 26.2. The van der Waals surface area contributed by atoms with Gasteiger partial charge in [-0.3, -0.25) is 4.79 Å². The van der Waals surface area contributed by atoms with Crippen LogP contribution >= 0.6 is 11.3 Å². The number of halogens is 3. The number of carboxylic acid groups (broad SMARTS) is 1. The molecule has 1 unspecified atom stereocenters. The first kappa shape index (κ1) is 26.0. The minimum atomic E-state index is -4.78. The van der Waals surface area contributed by atoms with Gasteiger partial charge in [-0.25, -0.2) is 4.79 Å². The summed E-state index contributed by atoms with van der Waals surface area (Å²) >= 11 is 1.48. The van der Waals surface area contributed by atoms with Gasteiger partial charge < -0.3 is 19.9 Å². The number of ether oxygens (including phenoxy) is 2. The molecule has 4 saturated carbocycles. The highest BCUT2D eigenvalue weighted by molar-refractivity contribution is 7.17. The normalized spacial score (nSPS) is 26.4. The van der Waals surface area contributed by atoms with Crippen molar-refractivity contribution in [1.29, 1.82) is 0 Å². The van der Waals surface area contributed by atoms with E-state index in [0.717, 1.165) is 43.2 Å². The van der Waals surface area contributed by atoms with Gasteiger partial charge in [-0.2, -0.15) is 0 Å². The van der Waals surface area contributed by atoms with Crippen molar-refractivity contribution in [3.05, 3.63) is 59.0 Å². The molecule has 4 aliphatic rings. The van der Waals surface area contributed by atoms with Crippen LogP contribution in [0.5, 0.6) is 11.5 Å². The molecule has 0 aliphatic heterocycles. The third-order valence-electron chi connectivity index (χ3n) is 8.59. The summed E-state index contributed by atoms with van der Waals surface area (Å²) in [5.41, 5.74) is 0.387. The molecule has 0 saturated heterocycles. The number of carboxylic acids is 1. The molecule has 1 heterocycles. The number of carbonyl (C=O) groups is 2. The van der Waals surface area contributed by atoms with Crippen molar-refractivity contribution < 1.29 is 37.3 Å². The molecular weight excluding hydrogens is 531 g/mol. The number of fused-ring (bicyclic) bond motifs is 1. The molecule has 3 aromatic rings. The van der Waals surface area contributed by atoms with Crippen LogP contribution in [-0.4, -0.2) is 29.4 Å². The number of benzene rings is 2. The molecule has 1 aromatic heterocycles. The lowest BCUT2D eigenvalue weighted by molar-refractivity contribution is -0.274. The Bertz CT molecular complexity index is 1360. The van der Waals surface area contributed by atoms with Crippen LogP contribution in [0.1, 0.15) is 54.4 Å². The number of aliphatic carboxylic acids is 1.